The van der Waals surface area contributed by atoms with Gasteiger partial charge in [0.25, 0.3) is 0 Å². The first-order valence-electron chi connectivity index (χ1n) is 9.33. The van der Waals surface area contributed by atoms with Crippen molar-refractivity contribution in [3.8, 4) is 22.5 Å². The SMILES string of the molecule is CCNc1nccc(-c2c(-c3cccc(N[C](=[W])NC)c3)nn3ccccc23)n1. The molecular weight excluding hydrogens is 534 g/mol. The van der Waals surface area contributed by atoms with Gasteiger partial charge in [-0.3, -0.25) is 0 Å². The first-order chi connectivity index (χ1) is 14.2. The number of nitrogens with zero attached hydrogens (tertiary/aromatic N) is 4. The van der Waals surface area contributed by atoms with E-state index in [1.165, 1.54) is 19.4 Å². The Labute approximate surface area is 180 Å². The molecule has 0 aliphatic rings. The Morgan fingerprint density at radius 1 is 1.14 bits per heavy atom. The molecule has 3 N–H and O–H groups in total. The topological polar surface area (TPSA) is 79.2 Å². The van der Waals surface area contributed by atoms with Crippen molar-refractivity contribution in [1.29, 1.82) is 0 Å². The molecule has 0 aliphatic carbocycles. The number of anilines is 2. The summed E-state index contributed by atoms with van der Waals surface area (Å²) in [6, 6.07) is 16.2. The van der Waals surface area contributed by atoms with Crippen LogP contribution < -0.4 is 16.0 Å². The molecule has 0 saturated heterocycles. The molecular formula is C21H21N7W. The molecule has 0 radical (unpaired) electrons. The van der Waals surface area contributed by atoms with Crippen LogP contribution in [0.1, 0.15) is 6.92 Å². The average Bonchev–Trinajstić information content (AvgIpc) is 3.14. The van der Waals surface area contributed by atoms with E-state index < -0.39 is 0 Å². The number of hydrogen-bond donors (Lipinski definition) is 3. The Hall–Kier alpha value is -2.89. The summed E-state index contributed by atoms with van der Waals surface area (Å²) in [6.07, 6.45) is 3.74. The van der Waals surface area contributed by atoms with E-state index in [1.807, 2.05) is 55.0 Å². The van der Waals surface area contributed by atoms with Crippen LogP contribution in [-0.2, 0) is 19.4 Å². The van der Waals surface area contributed by atoms with Crippen molar-refractivity contribution >= 4 is 21.3 Å². The number of pyridine rings is 1. The maximum absolute atomic E-state index is 4.87. The monoisotopic (exact) mass is 555 g/mol. The van der Waals surface area contributed by atoms with Crippen molar-refractivity contribution in [2.45, 2.75) is 6.92 Å². The van der Waals surface area contributed by atoms with Gasteiger partial charge in [-0.25, -0.2) is 0 Å². The summed E-state index contributed by atoms with van der Waals surface area (Å²) in [4.78, 5) is 9.03. The van der Waals surface area contributed by atoms with E-state index in [2.05, 4.69) is 39.1 Å². The predicted octanol–water partition coefficient (Wildman–Crippen LogP) is 3.16. The molecule has 0 saturated carbocycles. The van der Waals surface area contributed by atoms with Crippen molar-refractivity contribution < 1.29 is 19.4 Å². The number of hydrogen-bond acceptors (Lipinski definition) is 6. The van der Waals surface area contributed by atoms with E-state index in [-0.39, 0.29) is 0 Å². The van der Waals surface area contributed by atoms with Crippen LogP contribution in [0, 0.1) is 0 Å². The minimum atomic E-state index is 0.615. The van der Waals surface area contributed by atoms with Gasteiger partial charge in [0.2, 0.25) is 0 Å². The molecule has 4 aromatic rings. The molecule has 0 amide bonds. The van der Waals surface area contributed by atoms with E-state index in [9.17, 15) is 0 Å². The molecule has 0 fully saturated rings. The average molecular weight is 555 g/mol. The van der Waals surface area contributed by atoms with Gasteiger partial charge in [0.15, 0.2) is 0 Å². The van der Waals surface area contributed by atoms with Gasteiger partial charge in [-0.15, -0.1) is 0 Å². The summed E-state index contributed by atoms with van der Waals surface area (Å²) >= 11 is 1.35. The van der Waals surface area contributed by atoms with Gasteiger partial charge >= 0.3 is 173 Å². The van der Waals surface area contributed by atoms with E-state index in [4.69, 9.17) is 10.1 Å². The zero-order valence-electron chi connectivity index (χ0n) is 16.2. The summed E-state index contributed by atoms with van der Waals surface area (Å²) in [7, 11) is 1.91. The van der Waals surface area contributed by atoms with Crippen LogP contribution in [0.2, 0.25) is 0 Å². The van der Waals surface area contributed by atoms with Crippen LogP contribution in [0.5, 0.6) is 0 Å². The first-order valence-corrected chi connectivity index (χ1v) is 10.8. The quantitative estimate of drug-likeness (QED) is 0.326. The van der Waals surface area contributed by atoms with Gasteiger partial charge in [0.1, 0.15) is 0 Å². The molecule has 4 rings (SSSR count). The van der Waals surface area contributed by atoms with Crippen LogP contribution in [0.15, 0.2) is 60.9 Å². The Balaban J connectivity index is 1.88. The van der Waals surface area contributed by atoms with Crippen LogP contribution >= 0.6 is 0 Å². The minimum absolute atomic E-state index is 0.615. The third kappa shape index (κ3) is 4.11. The van der Waals surface area contributed by atoms with E-state index in [0.717, 1.165) is 44.4 Å². The van der Waals surface area contributed by atoms with Gasteiger partial charge in [-0.1, -0.05) is 0 Å². The van der Waals surface area contributed by atoms with Crippen LogP contribution in [-0.4, -0.2) is 37.3 Å². The third-order valence-corrected chi connectivity index (χ3v) is 5.51. The zero-order valence-corrected chi connectivity index (χ0v) is 19.1. The number of nitrogens with one attached hydrogen (secondary N) is 3. The molecule has 0 bridgehead atoms. The number of rotatable bonds is 7. The summed E-state index contributed by atoms with van der Waals surface area (Å²) in [5, 5.41) is 14.6. The van der Waals surface area contributed by atoms with Crippen molar-refractivity contribution in [3.05, 3.63) is 60.9 Å². The molecule has 3 aromatic heterocycles. The third-order valence-electron chi connectivity index (χ3n) is 4.41. The fraction of sp³-hybridized carbons (Fsp3) is 0.143. The standard InChI is InChI=1S/C21H21N7.W/c1-3-23-21-24-11-10-17(26-21)19-18-9-4-5-12-28(18)27-20(19)15-7-6-8-16(13-15)25-14-22-2;/h4-13,22,25H,3H2,1-2H3,(H,23,24,26);. The molecule has 0 spiro atoms. The summed E-state index contributed by atoms with van der Waals surface area (Å²) in [6.45, 7) is 2.79. The summed E-state index contributed by atoms with van der Waals surface area (Å²) in [5.74, 6) is 0.615. The Morgan fingerprint density at radius 3 is 2.86 bits per heavy atom. The Kier molecular flexibility index (Phi) is 5.78. The van der Waals surface area contributed by atoms with Gasteiger partial charge in [-0.2, -0.15) is 0 Å². The molecule has 1 aromatic carbocycles. The number of fused-ring (bicyclic) bond motifs is 1. The number of aromatic nitrogens is 4. The summed E-state index contributed by atoms with van der Waals surface area (Å²) < 4.78 is 2.96. The molecule has 7 nitrogen and oxygen atoms in total. The zero-order chi connectivity index (χ0) is 20.2. The second-order valence-corrected chi connectivity index (χ2v) is 7.80. The van der Waals surface area contributed by atoms with Gasteiger partial charge in [0, 0.05) is 0 Å². The number of benzene rings is 1. The Morgan fingerprint density at radius 2 is 2.03 bits per heavy atom. The normalized spacial score (nSPS) is 10.8. The molecule has 8 heteroatoms. The van der Waals surface area contributed by atoms with Crippen LogP contribution in [0.3, 0.4) is 0 Å². The second kappa shape index (κ2) is 8.64. The summed E-state index contributed by atoms with van der Waals surface area (Å²) in [5.41, 5.74) is 5.76. The van der Waals surface area contributed by atoms with Gasteiger partial charge < -0.3 is 0 Å². The second-order valence-electron chi connectivity index (χ2n) is 6.33. The van der Waals surface area contributed by atoms with E-state index in [0.29, 0.717) is 5.95 Å². The van der Waals surface area contributed by atoms with Gasteiger partial charge in [0.05, 0.1) is 0 Å². The predicted molar refractivity (Wildman–Crippen MR) is 114 cm³/mol. The maximum atomic E-state index is 4.87. The first kappa shape index (κ1) is 19.4. The fourth-order valence-corrected chi connectivity index (χ4v) is 3.56. The van der Waals surface area contributed by atoms with Crippen molar-refractivity contribution in [2.24, 2.45) is 0 Å². The van der Waals surface area contributed by atoms with Crippen molar-refractivity contribution in [2.75, 3.05) is 24.2 Å². The van der Waals surface area contributed by atoms with Crippen molar-refractivity contribution in [3.63, 3.8) is 0 Å². The van der Waals surface area contributed by atoms with E-state index >= 15 is 0 Å². The molecule has 29 heavy (non-hydrogen) atoms. The Bertz CT molecular complexity index is 1170. The van der Waals surface area contributed by atoms with Crippen LogP contribution in [0.25, 0.3) is 28.0 Å². The van der Waals surface area contributed by atoms with Crippen molar-refractivity contribution in [1.82, 2.24) is 24.9 Å². The molecule has 3 heterocycles. The molecule has 146 valence electrons. The molecule has 0 unspecified atom stereocenters. The van der Waals surface area contributed by atoms with E-state index in [1.54, 1.807) is 6.20 Å². The molecule has 0 aliphatic heterocycles. The fourth-order valence-electron chi connectivity index (χ4n) is 3.13. The molecule has 0 atom stereocenters. The van der Waals surface area contributed by atoms with Crippen LogP contribution in [0.4, 0.5) is 11.6 Å². The van der Waals surface area contributed by atoms with Gasteiger partial charge in [-0.05, 0) is 6.92 Å².